The molecule has 0 saturated carbocycles. The minimum absolute atomic E-state index is 0.538. The van der Waals surface area contributed by atoms with Crippen LogP contribution in [0.3, 0.4) is 0 Å². The number of nitrogens with one attached hydrogen (secondary N) is 1. The van der Waals surface area contributed by atoms with Crippen molar-refractivity contribution in [3.63, 3.8) is 0 Å². The van der Waals surface area contributed by atoms with E-state index in [1.165, 1.54) is 11.1 Å². The van der Waals surface area contributed by atoms with Crippen LogP contribution < -0.4 is 14.8 Å². The summed E-state index contributed by atoms with van der Waals surface area (Å²) in [6, 6.07) is 4.65. The predicted octanol–water partition coefficient (Wildman–Crippen LogP) is 1.74. The lowest BCUT2D eigenvalue weighted by atomic mass is 9.95. The van der Waals surface area contributed by atoms with Crippen molar-refractivity contribution in [3.8, 4) is 11.5 Å². The summed E-state index contributed by atoms with van der Waals surface area (Å²) in [5.41, 5.74) is 2.59. The third-order valence-electron chi connectivity index (χ3n) is 2.90. The Kier molecular flexibility index (Phi) is 2.82. The average molecular weight is 207 g/mol. The third kappa shape index (κ3) is 1.79. The molecule has 15 heavy (non-hydrogen) atoms. The van der Waals surface area contributed by atoms with Crippen molar-refractivity contribution >= 4 is 0 Å². The van der Waals surface area contributed by atoms with Gasteiger partial charge in [0.05, 0.1) is 14.2 Å². The van der Waals surface area contributed by atoms with Crippen LogP contribution in [0, 0.1) is 0 Å². The molecule has 0 aromatic heterocycles. The highest BCUT2D eigenvalue weighted by Crippen LogP contribution is 2.35. The van der Waals surface area contributed by atoms with E-state index in [4.69, 9.17) is 9.47 Å². The van der Waals surface area contributed by atoms with E-state index in [0.29, 0.717) is 6.04 Å². The second kappa shape index (κ2) is 4.11. The Labute approximate surface area is 90.4 Å². The fraction of sp³-hybridized carbons (Fsp3) is 0.500. The summed E-state index contributed by atoms with van der Waals surface area (Å²) in [5, 5.41) is 3.43. The molecule has 1 atom stereocenters. The SMILES string of the molecule is COc1ccc2c(c1OC)CN[C@@H](C)C2. The van der Waals surface area contributed by atoms with Crippen molar-refractivity contribution in [1.82, 2.24) is 5.32 Å². The van der Waals surface area contributed by atoms with Crippen molar-refractivity contribution < 1.29 is 9.47 Å². The molecule has 0 spiro atoms. The molecule has 82 valence electrons. The molecule has 0 bridgehead atoms. The van der Waals surface area contributed by atoms with E-state index < -0.39 is 0 Å². The third-order valence-corrected chi connectivity index (χ3v) is 2.90. The van der Waals surface area contributed by atoms with E-state index in [2.05, 4.69) is 18.3 Å². The molecule has 0 radical (unpaired) electrons. The first-order chi connectivity index (χ1) is 7.26. The Balaban J connectivity index is 2.46. The van der Waals surface area contributed by atoms with Crippen LogP contribution in [0.2, 0.25) is 0 Å². The van der Waals surface area contributed by atoms with Crippen LogP contribution in [0.1, 0.15) is 18.1 Å². The molecule has 1 aromatic rings. The van der Waals surface area contributed by atoms with Crippen molar-refractivity contribution in [2.24, 2.45) is 0 Å². The van der Waals surface area contributed by atoms with Crippen LogP contribution >= 0.6 is 0 Å². The first kappa shape index (κ1) is 10.3. The lowest BCUT2D eigenvalue weighted by Gasteiger charge is -2.25. The van der Waals surface area contributed by atoms with Gasteiger partial charge in [-0.1, -0.05) is 6.07 Å². The number of ether oxygens (including phenoxy) is 2. The molecule has 0 amide bonds. The molecule has 0 fully saturated rings. The topological polar surface area (TPSA) is 30.5 Å². The zero-order valence-corrected chi connectivity index (χ0v) is 9.46. The highest BCUT2D eigenvalue weighted by atomic mass is 16.5. The van der Waals surface area contributed by atoms with Crippen LogP contribution in [0.15, 0.2) is 12.1 Å². The Morgan fingerprint density at radius 1 is 1.27 bits per heavy atom. The summed E-state index contributed by atoms with van der Waals surface area (Å²) in [6.07, 6.45) is 1.05. The van der Waals surface area contributed by atoms with Gasteiger partial charge in [-0.25, -0.2) is 0 Å². The normalized spacial score (nSPS) is 19.5. The molecule has 2 rings (SSSR count). The quantitative estimate of drug-likeness (QED) is 0.801. The van der Waals surface area contributed by atoms with Crippen molar-refractivity contribution in [2.75, 3.05) is 14.2 Å². The van der Waals surface area contributed by atoms with Gasteiger partial charge in [0.15, 0.2) is 11.5 Å². The molecular formula is C12H17NO2. The molecule has 1 N–H and O–H groups in total. The highest BCUT2D eigenvalue weighted by molar-refractivity contribution is 5.51. The van der Waals surface area contributed by atoms with Crippen LogP contribution in [-0.4, -0.2) is 20.3 Å². The van der Waals surface area contributed by atoms with Gasteiger partial charge in [-0.3, -0.25) is 0 Å². The zero-order valence-electron chi connectivity index (χ0n) is 9.46. The van der Waals surface area contributed by atoms with E-state index >= 15 is 0 Å². The van der Waals surface area contributed by atoms with Gasteiger partial charge in [0.1, 0.15) is 0 Å². The minimum Gasteiger partial charge on any atom is -0.493 e. The standard InChI is InChI=1S/C12H17NO2/c1-8-6-9-4-5-11(14-2)12(15-3)10(9)7-13-8/h4-5,8,13H,6-7H2,1-3H3/t8-/m0/s1. The Bertz CT molecular complexity index is 363. The Hall–Kier alpha value is -1.22. The van der Waals surface area contributed by atoms with Crippen LogP contribution in [0.25, 0.3) is 0 Å². The number of hydrogen-bond acceptors (Lipinski definition) is 3. The lowest BCUT2D eigenvalue weighted by molar-refractivity contribution is 0.346. The van der Waals surface area contributed by atoms with Gasteiger partial charge in [0, 0.05) is 18.2 Å². The van der Waals surface area contributed by atoms with Gasteiger partial charge in [0.2, 0.25) is 0 Å². The zero-order chi connectivity index (χ0) is 10.8. The second-order valence-electron chi connectivity index (χ2n) is 3.92. The largest absolute Gasteiger partial charge is 0.493 e. The van der Waals surface area contributed by atoms with Gasteiger partial charge < -0.3 is 14.8 Å². The lowest BCUT2D eigenvalue weighted by Crippen LogP contribution is -2.33. The molecule has 1 aliphatic rings. The number of methoxy groups -OCH3 is 2. The number of fused-ring (bicyclic) bond motifs is 1. The Morgan fingerprint density at radius 3 is 2.73 bits per heavy atom. The van der Waals surface area contributed by atoms with Crippen LogP contribution in [-0.2, 0) is 13.0 Å². The molecule has 3 heteroatoms. The summed E-state index contributed by atoms with van der Waals surface area (Å²) in [7, 11) is 3.36. The molecule has 3 nitrogen and oxygen atoms in total. The van der Waals surface area contributed by atoms with Crippen molar-refractivity contribution in [2.45, 2.75) is 25.9 Å². The van der Waals surface area contributed by atoms with Gasteiger partial charge in [-0.15, -0.1) is 0 Å². The Morgan fingerprint density at radius 2 is 2.07 bits per heavy atom. The van der Waals surface area contributed by atoms with Gasteiger partial charge in [0.25, 0.3) is 0 Å². The van der Waals surface area contributed by atoms with Crippen molar-refractivity contribution in [1.29, 1.82) is 0 Å². The van der Waals surface area contributed by atoms with Gasteiger partial charge in [-0.05, 0) is 25.0 Å². The maximum absolute atomic E-state index is 5.40. The van der Waals surface area contributed by atoms with E-state index in [9.17, 15) is 0 Å². The maximum atomic E-state index is 5.40. The molecule has 0 unspecified atom stereocenters. The fourth-order valence-electron chi connectivity index (χ4n) is 2.10. The summed E-state index contributed by atoms with van der Waals surface area (Å²) < 4.78 is 10.7. The fourth-order valence-corrected chi connectivity index (χ4v) is 2.10. The van der Waals surface area contributed by atoms with E-state index in [1.807, 2.05) is 6.07 Å². The number of hydrogen-bond donors (Lipinski definition) is 1. The molecule has 0 saturated heterocycles. The first-order valence-corrected chi connectivity index (χ1v) is 5.22. The molecule has 1 heterocycles. The van der Waals surface area contributed by atoms with Crippen LogP contribution in [0.4, 0.5) is 0 Å². The van der Waals surface area contributed by atoms with Crippen LogP contribution in [0.5, 0.6) is 11.5 Å². The van der Waals surface area contributed by atoms with E-state index in [0.717, 1.165) is 24.5 Å². The summed E-state index contributed by atoms with van der Waals surface area (Å²) in [4.78, 5) is 0. The maximum Gasteiger partial charge on any atom is 0.165 e. The van der Waals surface area contributed by atoms with E-state index in [1.54, 1.807) is 14.2 Å². The summed E-state index contributed by atoms with van der Waals surface area (Å²) in [5.74, 6) is 1.68. The predicted molar refractivity (Wildman–Crippen MR) is 59.6 cm³/mol. The smallest absolute Gasteiger partial charge is 0.165 e. The average Bonchev–Trinajstić information content (AvgIpc) is 2.27. The summed E-state index contributed by atoms with van der Waals surface area (Å²) in [6.45, 7) is 3.05. The highest BCUT2D eigenvalue weighted by Gasteiger charge is 2.20. The van der Waals surface area contributed by atoms with Gasteiger partial charge >= 0.3 is 0 Å². The molecule has 0 aliphatic carbocycles. The number of benzene rings is 1. The molecule has 1 aromatic carbocycles. The molecule has 1 aliphatic heterocycles. The van der Waals surface area contributed by atoms with Crippen molar-refractivity contribution in [3.05, 3.63) is 23.3 Å². The number of rotatable bonds is 2. The first-order valence-electron chi connectivity index (χ1n) is 5.22. The van der Waals surface area contributed by atoms with E-state index in [-0.39, 0.29) is 0 Å². The minimum atomic E-state index is 0.538. The second-order valence-corrected chi connectivity index (χ2v) is 3.92. The molecular weight excluding hydrogens is 190 g/mol. The summed E-state index contributed by atoms with van der Waals surface area (Å²) >= 11 is 0. The monoisotopic (exact) mass is 207 g/mol. The van der Waals surface area contributed by atoms with Gasteiger partial charge in [-0.2, -0.15) is 0 Å².